The summed E-state index contributed by atoms with van der Waals surface area (Å²) in [5.74, 6) is 5.06. The summed E-state index contributed by atoms with van der Waals surface area (Å²) in [6.07, 6.45) is 3.94. The average molecular weight is 350 g/mol. The van der Waals surface area contributed by atoms with Crippen LogP contribution in [0.2, 0.25) is 5.02 Å². The summed E-state index contributed by atoms with van der Waals surface area (Å²) in [4.78, 5) is 5.71. The fourth-order valence-corrected chi connectivity index (χ4v) is 3.72. The number of oxime groups is 1. The van der Waals surface area contributed by atoms with Crippen LogP contribution in [0.25, 0.3) is 0 Å². The molecule has 0 amide bonds. The van der Waals surface area contributed by atoms with Crippen LogP contribution < -0.4 is 0 Å². The Kier molecular flexibility index (Phi) is 4.00. The molecule has 2 heterocycles. The minimum absolute atomic E-state index is 0.301. The van der Waals surface area contributed by atoms with E-state index in [-0.39, 0.29) is 5.60 Å². The molecule has 2 fully saturated rings. The highest BCUT2D eigenvalue weighted by molar-refractivity contribution is 6.30. The molecule has 0 unspecified atom stereocenters. The number of rotatable bonds is 0. The van der Waals surface area contributed by atoms with E-state index >= 15 is 0 Å². The van der Waals surface area contributed by atoms with Gasteiger partial charge in [0.05, 0.1) is 13.2 Å². The van der Waals surface area contributed by atoms with Crippen molar-refractivity contribution < 1.29 is 18.7 Å². The molecule has 1 aromatic rings. The van der Waals surface area contributed by atoms with Crippen LogP contribution in [0.5, 0.6) is 0 Å². The lowest BCUT2D eigenvalue weighted by Gasteiger charge is -2.39. The zero-order valence-corrected chi connectivity index (χ0v) is 13.9. The number of benzene rings is 1. The fourth-order valence-electron chi connectivity index (χ4n) is 3.50. The van der Waals surface area contributed by atoms with E-state index in [1.807, 2.05) is 0 Å². The third-order valence-corrected chi connectivity index (χ3v) is 5.01. The zero-order valence-electron chi connectivity index (χ0n) is 13.1. The highest BCUT2D eigenvalue weighted by Gasteiger charge is 2.50. The van der Waals surface area contributed by atoms with Gasteiger partial charge in [-0.15, -0.1) is 0 Å². The second kappa shape index (κ2) is 6.03. The lowest BCUT2D eigenvalue weighted by atomic mass is 9.78. The van der Waals surface area contributed by atoms with Gasteiger partial charge in [0.2, 0.25) is 0 Å². The van der Waals surface area contributed by atoms with Crippen molar-refractivity contribution in [3.05, 3.63) is 34.6 Å². The first kappa shape index (κ1) is 15.9. The van der Waals surface area contributed by atoms with Gasteiger partial charge < -0.3 is 14.3 Å². The molecule has 24 heavy (non-hydrogen) atoms. The Morgan fingerprint density at radius 2 is 1.79 bits per heavy atom. The summed E-state index contributed by atoms with van der Waals surface area (Å²) in [6, 6.07) is 4.23. The number of nitrogens with zero attached hydrogens (tertiary/aromatic N) is 1. The standard InChI is InChI=1S/C18H17ClFNO3/c19-14-9-13(10-15(20)11-14)1-2-16-12-17(24-21-16)3-5-18(6-4-17)22-7-8-23-18/h9-11H,3-8,12H2. The number of ether oxygens (including phenoxy) is 2. The Balaban J connectivity index is 1.41. The summed E-state index contributed by atoms with van der Waals surface area (Å²) < 4.78 is 24.8. The summed E-state index contributed by atoms with van der Waals surface area (Å²) in [5, 5.41) is 4.45. The predicted octanol–water partition coefficient (Wildman–Crippen LogP) is 3.66. The molecule has 0 radical (unpaired) electrons. The lowest BCUT2D eigenvalue weighted by Crippen LogP contribution is -2.43. The maximum Gasteiger partial charge on any atom is 0.168 e. The quantitative estimate of drug-likeness (QED) is 0.671. The van der Waals surface area contributed by atoms with Gasteiger partial charge in [-0.25, -0.2) is 4.39 Å². The molecule has 2 aliphatic heterocycles. The average Bonchev–Trinajstić information content (AvgIpc) is 3.16. The highest BCUT2D eigenvalue weighted by Crippen LogP contribution is 2.45. The second-order valence-electron chi connectivity index (χ2n) is 6.50. The van der Waals surface area contributed by atoms with E-state index < -0.39 is 11.6 Å². The van der Waals surface area contributed by atoms with Crippen molar-refractivity contribution in [3.63, 3.8) is 0 Å². The van der Waals surface area contributed by atoms with E-state index in [1.54, 1.807) is 6.07 Å². The van der Waals surface area contributed by atoms with Crippen LogP contribution in [0.15, 0.2) is 23.4 Å². The first-order valence-electron chi connectivity index (χ1n) is 8.08. The van der Waals surface area contributed by atoms with Gasteiger partial charge in [-0.3, -0.25) is 0 Å². The van der Waals surface area contributed by atoms with Crippen LogP contribution in [0, 0.1) is 17.7 Å². The molecule has 1 aromatic carbocycles. The maximum atomic E-state index is 13.3. The van der Waals surface area contributed by atoms with Crippen molar-refractivity contribution in [1.29, 1.82) is 0 Å². The summed E-state index contributed by atoms with van der Waals surface area (Å²) in [6.45, 7) is 1.33. The molecule has 0 bridgehead atoms. The Morgan fingerprint density at radius 1 is 1.04 bits per heavy atom. The molecule has 1 saturated heterocycles. The van der Waals surface area contributed by atoms with E-state index in [0.717, 1.165) is 25.7 Å². The number of halogens is 2. The fraction of sp³-hybridized carbons (Fsp3) is 0.500. The summed E-state index contributed by atoms with van der Waals surface area (Å²) in [5.41, 5.74) is 0.906. The Labute approximate surface area is 144 Å². The normalized spacial score (nSPS) is 23.7. The van der Waals surface area contributed by atoms with Crippen molar-refractivity contribution >= 4 is 17.3 Å². The zero-order chi connectivity index (χ0) is 16.6. The topological polar surface area (TPSA) is 40.0 Å². The van der Waals surface area contributed by atoms with E-state index in [9.17, 15) is 4.39 Å². The van der Waals surface area contributed by atoms with Crippen LogP contribution in [0.1, 0.15) is 37.7 Å². The van der Waals surface area contributed by atoms with E-state index in [4.69, 9.17) is 25.9 Å². The Hall–Kier alpha value is -1.61. The minimum atomic E-state index is -0.415. The number of hydrogen-bond acceptors (Lipinski definition) is 4. The van der Waals surface area contributed by atoms with Crippen LogP contribution in [0.4, 0.5) is 4.39 Å². The van der Waals surface area contributed by atoms with Crippen molar-refractivity contribution in [2.75, 3.05) is 13.2 Å². The largest absolute Gasteiger partial charge is 0.388 e. The molecule has 3 aliphatic rings. The molecule has 4 rings (SSSR count). The van der Waals surface area contributed by atoms with Gasteiger partial charge in [-0.05, 0) is 37.0 Å². The van der Waals surface area contributed by atoms with Gasteiger partial charge in [0.15, 0.2) is 5.79 Å². The summed E-state index contributed by atoms with van der Waals surface area (Å²) in [7, 11) is 0. The lowest BCUT2D eigenvalue weighted by molar-refractivity contribution is -0.206. The van der Waals surface area contributed by atoms with Gasteiger partial charge in [0, 0.05) is 29.8 Å². The SMILES string of the molecule is Fc1cc(Cl)cc(C#CC2=NOC3(CCC4(CC3)OCCO4)C2)c1. The predicted molar refractivity (Wildman–Crippen MR) is 87.3 cm³/mol. The van der Waals surface area contributed by atoms with Gasteiger partial charge in [-0.2, -0.15) is 0 Å². The monoisotopic (exact) mass is 349 g/mol. The Morgan fingerprint density at radius 3 is 2.50 bits per heavy atom. The third kappa shape index (κ3) is 3.14. The van der Waals surface area contributed by atoms with Crippen molar-refractivity contribution in [2.24, 2.45) is 5.16 Å². The van der Waals surface area contributed by atoms with Gasteiger partial charge in [-0.1, -0.05) is 22.7 Å². The minimum Gasteiger partial charge on any atom is -0.388 e. The van der Waals surface area contributed by atoms with Crippen molar-refractivity contribution in [3.8, 4) is 11.8 Å². The van der Waals surface area contributed by atoms with Gasteiger partial charge >= 0.3 is 0 Å². The molecule has 1 aliphatic carbocycles. The maximum absolute atomic E-state index is 13.3. The van der Waals surface area contributed by atoms with Crippen LogP contribution in [-0.2, 0) is 14.3 Å². The van der Waals surface area contributed by atoms with E-state index in [2.05, 4.69) is 17.0 Å². The molecule has 1 saturated carbocycles. The molecule has 0 aromatic heterocycles. The van der Waals surface area contributed by atoms with Gasteiger partial charge in [0.25, 0.3) is 0 Å². The van der Waals surface area contributed by atoms with Crippen LogP contribution in [0.3, 0.4) is 0 Å². The molecule has 6 heteroatoms. The van der Waals surface area contributed by atoms with Crippen molar-refractivity contribution in [2.45, 2.75) is 43.5 Å². The van der Waals surface area contributed by atoms with E-state index in [1.165, 1.54) is 12.1 Å². The molecule has 2 spiro atoms. The third-order valence-electron chi connectivity index (χ3n) is 4.79. The highest BCUT2D eigenvalue weighted by atomic mass is 35.5. The first-order valence-corrected chi connectivity index (χ1v) is 8.46. The molecule has 0 N–H and O–H groups in total. The Bertz CT molecular complexity index is 716. The number of hydrogen-bond donors (Lipinski definition) is 0. The summed E-state index contributed by atoms with van der Waals surface area (Å²) >= 11 is 5.84. The molecule has 126 valence electrons. The van der Waals surface area contributed by atoms with Gasteiger partial charge in [0.1, 0.15) is 17.1 Å². The van der Waals surface area contributed by atoms with Crippen LogP contribution in [-0.4, -0.2) is 30.3 Å². The second-order valence-corrected chi connectivity index (χ2v) is 6.94. The van der Waals surface area contributed by atoms with E-state index in [0.29, 0.717) is 35.9 Å². The van der Waals surface area contributed by atoms with Crippen molar-refractivity contribution in [1.82, 2.24) is 0 Å². The molecular weight excluding hydrogens is 333 g/mol. The first-order chi connectivity index (χ1) is 11.6. The smallest absolute Gasteiger partial charge is 0.168 e. The molecule has 4 nitrogen and oxygen atoms in total. The molecular formula is C18H17ClFNO3. The molecule has 0 atom stereocenters. The van der Waals surface area contributed by atoms with Crippen LogP contribution >= 0.6 is 11.6 Å².